The molecule has 26 heavy (non-hydrogen) atoms. The molecule has 5 nitrogen and oxygen atoms in total. The predicted molar refractivity (Wildman–Crippen MR) is 96.7 cm³/mol. The summed E-state index contributed by atoms with van der Waals surface area (Å²) in [6.45, 7) is 0.964. The van der Waals surface area contributed by atoms with Crippen LogP contribution in [0.1, 0.15) is 23.2 Å². The van der Waals surface area contributed by atoms with Gasteiger partial charge in [0.25, 0.3) is 5.91 Å². The summed E-state index contributed by atoms with van der Waals surface area (Å²) < 4.78 is 18.4. The molecule has 1 saturated heterocycles. The SMILES string of the molecule is COc1ccc(NC(=O)C2CCN(C(=O)c3cccc(F)c3)CC2)cc1. The van der Waals surface area contributed by atoms with Crippen LogP contribution in [0.3, 0.4) is 0 Å². The van der Waals surface area contributed by atoms with E-state index in [4.69, 9.17) is 4.74 Å². The summed E-state index contributed by atoms with van der Waals surface area (Å²) in [6, 6.07) is 12.8. The average Bonchev–Trinajstić information content (AvgIpc) is 2.68. The Morgan fingerprint density at radius 3 is 2.42 bits per heavy atom. The monoisotopic (exact) mass is 356 g/mol. The number of carbonyl (C=O) groups is 2. The first-order valence-electron chi connectivity index (χ1n) is 8.56. The lowest BCUT2D eigenvalue weighted by Gasteiger charge is -2.31. The minimum absolute atomic E-state index is 0.0481. The molecule has 6 heteroatoms. The topological polar surface area (TPSA) is 58.6 Å². The van der Waals surface area contributed by atoms with Gasteiger partial charge in [-0.3, -0.25) is 9.59 Å². The van der Waals surface area contributed by atoms with Crippen LogP contribution < -0.4 is 10.1 Å². The largest absolute Gasteiger partial charge is 0.497 e. The number of likely N-dealkylation sites (tertiary alicyclic amines) is 1. The zero-order valence-electron chi connectivity index (χ0n) is 14.6. The van der Waals surface area contributed by atoms with Crippen LogP contribution in [0.25, 0.3) is 0 Å². The second-order valence-electron chi connectivity index (χ2n) is 6.29. The lowest BCUT2D eigenvalue weighted by molar-refractivity contribution is -0.121. The van der Waals surface area contributed by atoms with Crippen molar-refractivity contribution in [2.24, 2.45) is 5.92 Å². The second kappa shape index (κ2) is 7.99. The number of benzene rings is 2. The Morgan fingerprint density at radius 1 is 1.12 bits per heavy atom. The Morgan fingerprint density at radius 2 is 1.81 bits per heavy atom. The van der Waals surface area contributed by atoms with Gasteiger partial charge in [-0.25, -0.2) is 4.39 Å². The Bertz CT molecular complexity index is 784. The van der Waals surface area contributed by atoms with Crippen molar-refractivity contribution in [1.82, 2.24) is 4.90 Å². The third-order valence-corrected chi connectivity index (χ3v) is 4.58. The summed E-state index contributed by atoms with van der Waals surface area (Å²) in [5, 5.41) is 2.90. The number of hydrogen-bond donors (Lipinski definition) is 1. The maximum absolute atomic E-state index is 13.3. The summed E-state index contributed by atoms with van der Waals surface area (Å²) in [5.74, 6) is -0.0861. The minimum Gasteiger partial charge on any atom is -0.497 e. The first-order valence-corrected chi connectivity index (χ1v) is 8.56. The van der Waals surface area contributed by atoms with Crippen molar-refractivity contribution in [3.63, 3.8) is 0 Å². The van der Waals surface area contributed by atoms with Crippen molar-refractivity contribution in [2.75, 3.05) is 25.5 Å². The van der Waals surface area contributed by atoms with Crippen molar-refractivity contribution in [2.45, 2.75) is 12.8 Å². The zero-order valence-corrected chi connectivity index (χ0v) is 14.6. The summed E-state index contributed by atoms with van der Waals surface area (Å²) in [4.78, 5) is 26.5. The number of carbonyl (C=O) groups excluding carboxylic acids is 2. The maximum atomic E-state index is 13.3. The van der Waals surface area contributed by atoms with Crippen molar-refractivity contribution < 1.29 is 18.7 Å². The number of halogens is 1. The molecule has 1 aliphatic heterocycles. The molecule has 0 aromatic heterocycles. The second-order valence-corrected chi connectivity index (χ2v) is 6.29. The third-order valence-electron chi connectivity index (χ3n) is 4.58. The minimum atomic E-state index is -0.426. The van der Waals surface area contributed by atoms with Crippen LogP contribution in [0, 0.1) is 11.7 Å². The van der Waals surface area contributed by atoms with E-state index in [0.717, 1.165) is 5.75 Å². The highest BCUT2D eigenvalue weighted by atomic mass is 19.1. The van der Waals surface area contributed by atoms with E-state index >= 15 is 0 Å². The fourth-order valence-electron chi connectivity index (χ4n) is 3.07. The lowest BCUT2D eigenvalue weighted by Crippen LogP contribution is -2.41. The van der Waals surface area contributed by atoms with E-state index in [2.05, 4.69) is 5.32 Å². The number of hydrogen-bond acceptors (Lipinski definition) is 3. The molecule has 0 radical (unpaired) electrons. The number of anilines is 1. The predicted octanol–water partition coefficient (Wildman–Crippen LogP) is 3.33. The van der Waals surface area contributed by atoms with Gasteiger partial charge in [0.15, 0.2) is 0 Å². The van der Waals surface area contributed by atoms with Gasteiger partial charge in [0.1, 0.15) is 11.6 Å². The maximum Gasteiger partial charge on any atom is 0.253 e. The Hall–Kier alpha value is -2.89. The molecule has 136 valence electrons. The van der Waals surface area contributed by atoms with Crippen LogP contribution in [0.5, 0.6) is 5.75 Å². The Balaban J connectivity index is 1.54. The smallest absolute Gasteiger partial charge is 0.253 e. The molecular weight excluding hydrogens is 335 g/mol. The molecule has 0 bridgehead atoms. The highest BCUT2D eigenvalue weighted by Gasteiger charge is 2.28. The van der Waals surface area contributed by atoms with Crippen molar-refractivity contribution in [3.05, 3.63) is 59.9 Å². The van der Waals surface area contributed by atoms with E-state index in [1.165, 1.54) is 18.2 Å². The molecule has 0 unspecified atom stereocenters. The van der Waals surface area contributed by atoms with E-state index in [-0.39, 0.29) is 17.7 Å². The van der Waals surface area contributed by atoms with Gasteiger partial charge < -0.3 is 15.0 Å². The van der Waals surface area contributed by atoms with E-state index < -0.39 is 5.82 Å². The van der Waals surface area contributed by atoms with Gasteiger partial charge >= 0.3 is 0 Å². The van der Waals surface area contributed by atoms with Crippen molar-refractivity contribution in [3.8, 4) is 5.75 Å². The molecule has 0 atom stereocenters. The first-order chi connectivity index (χ1) is 12.6. The van der Waals surface area contributed by atoms with Crippen LogP contribution in [-0.4, -0.2) is 36.9 Å². The van der Waals surface area contributed by atoms with Crippen molar-refractivity contribution >= 4 is 17.5 Å². The summed E-state index contributed by atoms with van der Waals surface area (Å²) >= 11 is 0. The highest BCUT2D eigenvalue weighted by Crippen LogP contribution is 2.22. The van der Waals surface area contributed by atoms with Gasteiger partial charge in [-0.15, -0.1) is 0 Å². The van der Waals surface area contributed by atoms with Crippen LogP contribution in [0.2, 0.25) is 0 Å². The number of methoxy groups -OCH3 is 1. The molecule has 1 heterocycles. The Kier molecular flexibility index (Phi) is 5.51. The third kappa shape index (κ3) is 4.20. The quantitative estimate of drug-likeness (QED) is 0.914. The molecule has 2 aromatic carbocycles. The molecule has 0 saturated carbocycles. The van der Waals surface area contributed by atoms with Gasteiger partial charge in [0, 0.05) is 30.3 Å². The molecule has 0 aliphatic carbocycles. The van der Waals surface area contributed by atoms with Gasteiger partial charge in [-0.1, -0.05) is 6.07 Å². The molecular formula is C20H21FN2O3. The van der Waals surface area contributed by atoms with Crippen LogP contribution in [0.15, 0.2) is 48.5 Å². The average molecular weight is 356 g/mol. The van der Waals surface area contributed by atoms with E-state index in [0.29, 0.717) is 37.2 Å². The summed E-state index contributed by atoms with van der Waals surface area (Å²) in [5.41, 5.74) is 1.06. The zero-order chi connectivity index (χ0) is 18.5. The van der Waals surface area contributed by atoms with Crippen LogP contribution in [-0.2, 0) is 4.79 Å². The number of ether oxygens (including phenoxy) is 1. The summed E-state index contributed by atoms with van der Waals surface area (Å²) in [6.07, 6.45) is 1.17. The number of amides is 2. The van der Waals surface area contributed by atoms with Gasteiger partial charge in [0.2, 0.25) is 5.91 Å². The fraction of sp³-hybridized carbons (Fsp3) is 0.300. The Labute approximate surface area is 151 Å². The van der Waals surface area contributed by atoms with Gasteiger partial charge in [-0.05, 0) is 55.3 Å². The van der Waals surface area contributed by atoms with Crippen molar-refractivity contribution in [1.29, 1.82) is 0 Å². The lowest BCUT2D eigenvalue weighted by atomic mass is 9.95. The highest BCUT2D eigenvalue weighted by molar-refractivity contribution is 5.95. The first kappa shape index (κ1) is 17.9. The molecule has 0 spiro atoms. The van der Waals surface area contributed by atoms with E-state index in [9.17, 15) is 14.0 Å². The number of piperidine rings is 1. The molecule has 1 aliphatic rings. The molecule has 3 rings (SSSR count). The number of rotatable bonds is 4. The normalized spacial score (nSPS) is 14.8. The van der Waals surface area contributed by atoms with Gasteiger partial charge in [-0.2, -0.15) is 0 Å². The fourth-order valence-corrected chi connectivity index (χ4v) is 3.07. The van der Waals surface area contributed by atoms with E-state index in [1.54, 1.807) is 42.3 Å². The molecule has 2 aromatic rings. The molecule has 1 N–H and O–H groups in total. The van der Waals surface area contributed by atoms with Gasteiger partial charge in [0.05, 0.1) is 7.11 Å². The standard InChI is InChI=1S/C20H21FN2O3/c1-26-18-7-5-17(6-8-18)22-19(24)14-9-11-23(12-10-14)20(25)15-3-2-4-16(21)13-15/h2-8,13-14H,9-12H2,1H3,(H,22,24). The number of nitrogens with zero attached hydrogens (tertiary/aromatic N) is 1. The molecule has 2 amide bonds. The van der Waals surface area contributed by atoms with E-state index in [1.807, 2.05) is 0 Å². The summed E-state index contributed by atoms with van der Waals surface area (Å²) in [7, 11) is 1.59. The number of nitrogens with one attached hydrogen (secondary N) is 1. The van der Waals surface area contributed by atoms with Crippen LogP contribution in [0.4, 0.5) is 10.1 Å². The van der Waals surface area contributed by atoms with Crippen LogP contribution >= 0.6 is 0 Å². The molecule has 1 fully saturated rings.